The van der Waals surface area contributed by atoms with E-state index in [1.807, 2.05) is 0 Å². The fraction of sp³-hybridized carbons (Fsp3) is 1.00. The molecule has 2 atom stereocenters. The molecular weight excluding hydrogens is 164 g/mol. The maximum absolute atomic E-state index is 9.48. The van der Waals surface area contributed by atoms with Crippen molar-refractivity contribution < 1.29 is 5.11 Å². The van der Waals surface area contributed by atoms with Crippen LogP contribution >= 0.6 is 0 Å². The van der Waals surface area contributed by atoms with Crippen molar-refractivity contribution in [3.8, 4) is 0 Å². The Morgan fingerprint density at radius 2 is 1.77 bits per heavy atom. The maximum atomic E-state index is 9.48. The zero-order valence-corrected chi connectivity index (χ0v) is 9.25. The van der Waals surface area contributed by atoms with Crippen molar-refractivity contribution in [2.75, 3.05) is 6.54 Å². The normalized spacial score (nSPS) is 16.6. The van der Waals surface area contributed by atoms with E-state index < -0.39 is 6.23 Å². The molecule has 0 aliphatic rings. The van der Waals surface area contributed by atoms with Gasteiger partial charge in [0.05, 0.1) is 0 Å². The van der Waals surface area contributed by atoms with Crippen LogP contribution in [0.5, 0.6) is 0 Å². The van der Waals surface area contributed by atoms with Gasteiger partial charge in [0, 0.05) is 12.6 Å². The highest BCUT2D eigenvalue weighted by atomic mass is 16.3. The molecule has 0 rings (SSSR count). The lowest BCUT2D eigenvalue weighted by molar-refractivity contribution is 0.110. The number of hydrogen-bond donors (Lipinski definition) is 3. The summed E-state index contributed by atoms with van der Waals surface area (Å²) in [5.41, 5.74) is 5.82. The van der Waals surface area contributed by atoms with Crippen LogP contribution in [0.1, 0.15) is 34.1 Å². The molecule has 0 aromatic heterocycles. The summed E-state index contributed by atoms with van der Waals surface area (Å²) in [6, 6.07) is 0.127. The number of aliphatic hydroxyl groups is 1. The van der Waals surface area contributed by atoms with Crippen molar-refractivity contribution in [3.05, 3.63) is 0 Å². The van der Waals surface area contributed by atoms with Gasteiger partial charge < -0.3 is 10.8 Å². The van der Waals surface area contributed by atoms with Crippen molar-refractivity contribution in [1.82, 2.24) is 5.32 Å². The Balaban J connectivity index is 3.51. The zero-order chi connectivity index (χ0) is 10.4. The minimum Gasteiger partial charge on any atom is -0.379 e. The van der Waals surface area contributed by atoms with E-state index in [4.69, 9.17) is 5.73 Å². The van der Waals surface area contributed by atoms with Crippen molar-refractivity contribution in [2.24, 2.45) is 17.6 Å². The Labute approximate surface area is 81.7 Å². The molecule has 0 aliphatic carbocycles. The van der Waals surface area contributed by atoms with Crippen molar-refractivity contribution in [2.45, 2.75) is 46.4 Å². The Morgan fingerprint density at radius 1 is 1.23 bits per heavy atom. The van der Waals surface area contributed by atoms with E-state index in [9.17, 15) is 5.11 Å². The molecule has 13 heavy (non-hydrogen) atoms. The first-order valence-corrected chi connectivity index (χ1v) is 5.10. The molecule has 80 valence electrons. The highest BCUT2D eigenvalue weighted by Gasteiger charge is 2.10. The third kappa shape index (κ3) is 6.99. The first kappa shape index (κ1) is 12.9. The van der Waals surface area contributed by atoms with Crippen LogP contribution in [0.3, 0.4) is 0 Å². The van der Waals surface area contributed by atoms with E-state index in [1.165, 1.54) is 0 Å². The van der Waals surface area contributed by atoms with Crippen LogP contribution in [-0.2, 0) is 0 Å². The smallest absolute Gasteiger partial charge is 0.105 e. The predicted molar refractivity (Wildman–Crippen MR) is 56.3 cm³/mol. The third-order valence-electron chi connectivity index (χ3n) is 2.14. The molecule has 0 saturated heterocycles. The van der Waals surface area contributed by atoms with Crippen molar-refractivity contribution in [3.63, 3.8) is 0 Å². The molecule has 3 nitrogen and oxygen atoms in total. The Kier molecular flexibility index (Phi) is 6.29. The number of nitrogens with two attached hydrogens (primary N) is 1. The van der Waals surface area contributed by atoms with Gasteiger partial charge in [-0.25, -0.2) is 0 Å². The second kappa shape index (κ2) is 6.35. The van der Waals surface area contributed by atoms with Crippen LogP contribution in [0.25, 0.3) is 0 Å². The zero-order valence-electron chi connectivity index (χ0n) is 9.25. The summed E-state index contributed by atoms with van der Waals surface area (Å²) in [6.07, 6.45) is 0.370. The molecule has 3 heteroatoms. The minimum absolute atomic E-state index is 0.127. The summed E-state index contributed by atoms with van der Waals surface area (Å²) in [4.78, 5) is 0. The fourth-order valence-corrected chi connectivity index (χ4v) is 1.04. The molecule has 0 aliphatic heterocycles. The van der Waals surface area contributed by atoms with Crippen molar-refractivity contribution >= 4 is 0 Å². The molecule has 2 unspecified atom stereocenters. The SMILES string of the molecule is CC(C)CC(O)NCC(N)C(C)C. The van der Waals surface area contributed by atoms with Gasteiger partial charge in [-0.1, -0.05) is 27.7 Å². The molecule has 0 aromatic rings. The first-order chi connectivity index (χ1) is 5.93. The van der Waals surface area contributed by atoms with Gasteiger partial charge in [-0.3, -0.25) is 5.32 Å². The van der Waals surface area contributed by atoms with Gasteiger partial charge in [0.15, 0.2) is 0 Å². The number of rotatable bonds is 6. The number of nitrogens with one attached hydrogen (secondary N) is 1. The quantitative estimate of drug-likeness (QED) is 0.543. The molecule has 0 bridgehead atoms. The first-order valence-electron chi connectivity index (χ1n) is 5.10. The van der Waals surface area contributed by atoms with Crippen LogP contribution in [0.4, 0.5) is 0 Å². The lowest BCUT2D eigenvalue weighted by Crippen LogP contribution is -2.42. The molecular formula is C10H24N2O. The summed E-state index contributed by atoms with van der Waals surface area (Å²) >= 11 is 0. The standard InChI is InChI=1S/C10H24N2O/c1-7(2)5-10(13)12-6-9(11)8(3)4/h7-10,12-13H,5-6,11H2,1-4H3. The van der Waals surface area contributed by atoms with Crippen LogP contribution in [0, 0.1) is 11.8 Å². The van der Waals surface area contributed by atoms with E-state index in [-0.39, 0.29) is 6.04 Å². The van der Waals surface area contributed by atoms with Crippen LogP contribution < -0.4 is 11.1 Å². The average molecular weight is 188 g/mol. The summed E-state index contributed by atoms with van der Waals surface area (Å²) in [6.45, 7) is 9.04. The summed E-state index contributed by atoms with van der Waals surface area (Å²) in [5.74, 6) is 0.969. The largest absolute Gasteiger partial charge is 0.379 e. The minimum atomic E-state index is -0.412. The van der Waals surface area contributed by atoms with E-state index in [0.717, 1.165) is 6.42 Å². The number of hydrogen-bond acceptors (Lipinski definition) is 3. The Bertz CT molecular complexity index is 126. The average Bonchev–Trinajstić information content (AvgIpc) is 1.98. The second-order valence-corrected chi connectivity index (χ2v) is 4.46. The van der Waals surface area contributed by atoms with E-state index >= 15 is 0 Å². The van der Waals surface area contributed by atoms with Gasteiger partial charge in [-0.05, 0) is 18.3 Å². The molecule has 0 heterocycles. The van der Waals surface area contributed by atoms with E-state index in [2.05, 4.69) is 33.0 Å². The summed E-state index contributed by atoms with van der Waals surface area (Å²) in [5, 5.41) is 12.5. The van der Waals surface area contributed by atoms with Gasteiger partial charge >= 0.3 is 0 Å². The van der Waals surface area contributed by atoms with E-state index in [1.54, 1.807) is 0 Å². The highest BCUT2D eigenvalue weighted by Crippen LogP contribution is 2.03. The molecule has 0 aromatic carbocycles. The fourth-order valence-electron chi connectivity index (χ4n) is 1.04. The van der Waals surface area contributed by atoms with Crippen LogP contribution in [0.2, 0.25) is 0 Å². The second-order valence-electron chi connectivity index (χ2n) is 4.46. The molecule has 4 N–H and O–H groups in total. The van der Waals surface area contributed by atoms with E-state index in [0.29, 0.717) is 18.4 Å². The molecule has 0 radical (unpaired) electrons. The highest BCUT2D eigenvalue weighted by molar-refractivity contribution is 4.69. The third-order valence-corrected chi connectivity index (χ3v) is 2.14. The summed E-state index contributed by atoms with van der Waals surface area (Å²) < 4.78 is 0. The lowest BCUT2D eigenvalue weighted by Gasteiger charge is -2.20. The number of aliphatic hydroxyl groups excluding tert-OH is 1. The monoisotopic (exact) mass is 188 g/mol. The topological polar surface area (TPSA) is 58.3 Å². The van der Waals surface area contributed by atoms with Gasteiger partial charge in [-0.2, -0.15) is 0 Å². The Hall–Kier alpha value is -0.120. The predicted octanol–water partition coefficient (Wildman–Crippen LogP) is 0.924. The van der Waals surface area contributed by atoms with Crippen LogP contribution in [0.15, 0.2) is 0 Å². The van der Waals surface area contributed by atoms with Gasteiger partial charge in [0.2, 0.25) is 0 Å². The Morgan fingerprint density at radius 3 is 2.15 bits per heavy atom. The van der Waals surface area contributed by atoms with Gasteiger partial charge in [0.1, 0.15) is 6.23 Å². The van der Waals surface area contributed by atoms with Gasteiger partial charge in [0.25, 0.3) is 0 Å². The molecule has 0 fully saturated rings. The maximum Gasteiger partial charge on any atom is 0.105 e. The van der Waals surface area contributed by atoms with Crippen LogP contribution in [-0.4, -0.2) is 23.9 Å². The lowest BCUT2D eigenvalue weighted by atomic mass is 10.1. The molecule has 0 spiro atoms. The summed E-state index contributed by atoms with van der Waals surface area (Å²) in [7, 11) is 0. The molecule has 0 saturated carbocycles. The van der Waals surface area contributed by atoms with Gasteiger partial charge in [-0.15, -0.1) is 0 Å². The molecule has 0 amide bonds. The van der Waals surface area contributed by atoms with Crippen molar-refractivity contribution in [1.29, 1.82) is 0 Å².